The molecule has 30 heavy (non-hydrogen) atoms. The first-order chi connectivity index (χ1) is 14.3. The molecule has 0 radical (unpaired) electrons. The van der Waals surface area contributed by atoms with Gasteiger partial charge >= 0.3 is 0 Å². The Bertz CT molecular complexity index is 1140. The van der Waals surface area contributed by atoms with Crippen molar-refractivity contribution in [2.24, 2.45) is 0 Å². The maximum absolute atomic E-state index is 13.3. The van der Waals surface area contributed by atoms with Crippen molar-refractivity contribution in [3.05, 3.63) is 83.9 Å². The third kappa shape index (κ3) is 4.80. The summed E-state index contributed by atoms with van der Waals surface area (Å²) >= 11 is 0. The van der Waals surface area contributed by atoms with Crippen LogP contribution >= 0.6 is 0 Å². The minimum absolute atomic E-state index is 0.104. The summed E-state index contributed by atoms with van der Waals surface area (Å²) in [6.07, 6.45) is 0. The highest BCUT2D eigenvalue weighted by atomic mass is 32.2. The lowest BCUT2D eigenvalue weighted by Crippen LogP contribution is -2.38. The van der Waals surface area contributed by atoms with E-state index in [0.717, 1.165) is 15.4 Å². The summed E-state index contributed by atoms with van der Waals surface area (Å²) in [7, 11) is -2.47. The van der Waals surface area contributed by atoms with E-state index in [0.29, 0.717) is 17.1 Å². The van der Waals surface area contributed by atoms with Crippen LogP contribution in [0.5, 0.6) is 5.75 Å². The van der Waals surface area contributed by atoms with Gasteiger partial charge in [-0.25, -0.2) is 8.42 Å². The Labute approximate surface area is 177 Å². The first kappa shape index (κ1) is 21.4. The van der Waals surface area contributed by atoms with Crippen molar-refractivity contribution in [2.75, 3.05) is 23.3 Å². The van der Waals surface area contributed by atoms with E-state index in [-0.39, 0.29) is 11.4 Å². The van der Waals surface area contributed by atoms with Crippen LogP contribution in [0.15, 0.2) is 77.7 Å². The molecule has 0 heterocycles. The fraction of sp³-hybridized carbons (Fsp3) is 0.174. The molecule has 0 saturated heterocycles. The Balaban J connectivity index is 1.97. The average Bonchev–Trinajstić information content (AvgIpc) is 2.75. The minimum atomic E-state index is -3.97. The highest BCUT2D eigenvalue weighted by Crippen LogP contribution is 2.27. The number of anilines is 2. The monoisotopic (exact) mass is 424 g/mol. The Morgan fingerprint density at radius 2 is 1.70 bits per heavy atom. The predicted molar refractivity (Wildman–Crippen MR) is 119 cm³/mol. The number of nitrogens with one attached hydrogen (secondary N) is 1. The molecule has 3 rings (SSSR count). The van der Waals surface area contributed by atoms with Crippen molar-refractivity contribution >= 4 is 27.3 Å². The molecule has 3 aromatic rings. The van der Waals surface area contributed by atoms with Gasteiger partial charge in [-0.3, -0.25) is 9.10 Å². The van der Waals surface area contributed by atoms with Gasteiger partial charge in [-0.15, -0.1) is 0 Å². The Morgan fingerprint density at radius 1 is 0.967 bits per heavy atom. The molecule has 0 saturated carbocycles. The van der Waals surface area contributed by atoms with Gasteiger partial charge in [-0.2, -0.15) is 0 Å². The summed E-state index contributed by atoms with van der Waals surface area (Å²) in [4.78, 5) is 12.9. The van der Waals surface area contributed by atoms with Gasteiger partial charge in [0.05, 0.1) is 17.7 Å². The largest absolute Gasteiger partial charge is 0.497 e. The molecule has 0 aromatic heterocycles. The molecule has 0 aliphatic rings. The zero-order valence-electron chi connectivity index (χ0n) is 17.1. The minimum Gasteiger partial charge on any atom is -0.497 e. The van der Waals surface area contributed by atoms with E-state index in [9.17, 15) is 13.2 Å². The maximum atomic E-state index is 13.3. The lowest BCUT2D eigenvalue weighted by atomic mass is 10.1. The fourth-order valence-corrected chi connectivity index (χ4v) is 4.42. The first-order valence-electron chi connectivity index (χ1n) is 9.40. The Hall–Kier alpha value is -3.32. The number of sulfonamides is 1. The molecule has 0 fully saturated rings. The first-order valence-corrected chi connectivity index (χ1v) is 10.8. The highest BCUT2D eigenvalue weighted by Gasteiger charge is 2.27. The summed E-state index contributed by atoms with van der Waals surface area (Å²) in [5, 5.41) is 2.83. The normalized spacial score (nSPS) is 11.0. The van der Waals surface area contributed by atoms with Gasteiger partial charge < -0.3 is 10.1 Å². The molecule has 0 aliphatic carbocycles. The molecule has 0 bridgehead atoms. The summed E-state index contributed by atoms with van der Waals surface area (Å²) < 4.78 is 33.0. The van der Waals surface area contributed by atoms with Crippen LogP contribution in [0.3, 0.4) is 0 Å². The van der Waals surface area contributed by atoms with Gasteiger partial charge in [0.15, 0.2) is 0 Å². The lowest BCUT2D eigenvalue weighted by molar-refractivity contribution is -0.114. The number of benzene rings is 3. The van der Waals surface area contributed by atoms with Crippen LogP contribution in [0.2, 0.25) is 0 Å². The van der Waals surface area contributed by atoms with E-state index in [2.05, 4.69) is 5.32 Å². The summed E-state index contributed by atoms with van der Waals surface area (Å²) in [6, 6.07) is 20.4. The van der Waals surface area contributed by atoms with Crippen LogP contribution in [0, 0.1) is 13.8 Å². The van der Waals surface area contributed by atoms with Gasteiger partial charge in [0, 0.05) is 11.8 Å². The second-order valence-corrected chi connectivity index (χ2v) is 8.76. The topological polar surface area (TPSA) is 75.7 Å². The fourth-order valence-electron chi connectivity index (χ4n) is 2.99. The van der Waals surface area contributed by atoms with Crippen LogP contribution in [0.25, 0.3) is 0 Å². The second kappa shape index (κ2) is 9.00. The molecular weight excluding hydrogens is 400 g/mol. The third-order valence-corrected chi connectivity index (χ3v) is 6.41. The second-order valence-electron chi connectivity index (χ2n) is 6.89. The maximum Gasteiger partial charge on any atom is 0.264 e. The molecule has 6 nitrogen and oxygen atoms in total. The van der Waals surface area contributed by atoms with E-state index in [1.165, 1.54) is 19.2 Å². The van der Waals surface area contributed by atoms with Crippen molar-refractivity contribution in [2.45, 2.75) is 18.7 Å². The zero-order valence-corrected chi connectivity index (χ0v) is 17.9. The molecule has 0 spiro atoms. The zero-order chi connectivity index (χ0) is 21.7. The number of hydrogen-bond acceptors (Lipinski definition) is 4. The number of ether oxygens (including phenoxy) is 1. The van der Waals surface area contributed by atoms with Crippen molar-refractivity contribution in [1.29, 1.82) is 0 Å². The smallest absolute Gasteiger partial charge is 0.264 e. The van der Waals surface area contributed by atoms with E-state index >= 15 is 0 Å². The highest BCUT2D eigenvalue weighted by molar-refractivity contribution is 7.92. The van der Waals surface area contributed by atoms with E-state index in [1.807, 2.05) is 32.0 Å². The Kier molecular flexibility index (Phi) is 6.42. The Morgan fingerprint density at radius 3 is 2.40 bits per heavy atom. The van der Waals surface area contributed by atoms with Gasteiger partial charge in [0.2, 0.25) is 5.91 Å². The standard InChI is InChI=1S/C23H24N2O4S/c1-17-12-13-18(2)22(14-17)24-23(26)16-25(19-8-7-9-20(15-19)29-3)30(27,28)21-10-5-4-6-11-21/h4-15H,16H2,1-3H3,(H,24,26). The van der Waals surface area contributed by atoms with Crippen LogP contribution < -0.4 is 14.4 Å². The van der Waals surface area contributed by atoms with Crippen molar-refractivity contribution in [1.82, 2.24) is 0 Å². The number of methoxy groups -OCH3 is 1. The van der Waals surface area contributed by atoms with Crippen LogP contribution in [0.1, 0.15) is 11.1 Å². The van der Waals surface area contributed by atoms with Gasteiger partial charge in [-0.1, -0.05) is 36.4 Å². The number of rotatable bonds is 7. The molecule has 0 unspecified atom stereocenters. The quantitative estimate of drug-likeness (QED) is 0.618. The third-order valence-electron chi connectivity index (χ3n) is 4.63. The van der Waals surface area contributed by atoms with Crippen LogP contribution in [0.4, 0.5) is 11.4 Å². The van der Waals surface area contributed by atoms with Crippen molar-refractivity contribution in [3.63, 3.8) is 0 Å². The van der Waals surface area contributed by atoms with Crippen LogP contribution in [-0.2, 0) is 14.8 Å². The van der Waals surface area contributed by atoms with Crippen LogP contribution in [-0.4, -0.2) is 28.0 Å². The molecular formula is C23H24N2O4S. The summed E-state index contributed by atoms with van der Waals surface area (Å²) in [5.74, 6) is 0.0572. The molecule has 1 N–H and O–H groups in total. The SMILES string of the molecule is COc1cccc(N(CC(=O)Nc2cc(C)ccc2C)S(=O)(=O)c2ccccc2)c1. The number of aryl methyl sites for hydroxylation is 2. The molecule has 156 valence electrons. The van der Waals surface area contributed by atoms with E-state index in [4.69, 9.17) is 4.74 Å². The number of amides is 1. The summed E-state index contributed by atoms with van der Waals surface area (Å²) in [5.41, 5.74) is 2.89. The molecule has 3 aromatic carbocycles. The molecule has 0 aliphatic heterocycles. The number of carbonyl (C=O) groups is 1. The number of nitrogens with zero attached hydrogens (tertiary/aromatic N) is 1. The van der Waals surface area contributed by atoms with E-state index < -0.39 is 15.9 Å². The van der Waals surface area contributed by atoms with Gasteiger partial charge in [-0.05, 0) is 55.3 Å². The molecule has 0 atom stereocenters. The molecule has 7 heteroatoms. The van der Waals surface area contributed by atoms with Crippen molar-refractivity contribution < 1.29 is 17.9 Å². The van der Waals surface area contributed by atoms with Crippen molar-refractivity contribution in [3.8, 4) is 5.75 Å². The summed E-state index contributed by atoms with van der Waals surface area (Å²) in [6.45, 7) is 3.44. The molecule has 1 amide bonds. The van der Waals surface area contributed by atoms with E-state index in [1.54, 1.807) is 42.5 Å². The lowest BCUT2D eigenvalue weighted by Gasteiger charge is -2.24. The van der Waals surface area contributed by atoms with Gasteiger partial charge in [0.25, 0.3) is 10.0 Å². The number of hydrogen-bond donors (Lipinski definition) is 1. The number of carbonyl (C=O) groups excluding carboxylic acids is 1. The average molecular weight is 425 g/mol. The predicted octanol–water partition coefficient (Wildman–Crippen LogP) is 4.15. The van der Waals surface area contributed by atoms with Gasteiger partial charge in [0.1, 0.15) is 12.3 Å².